The Balaban J connectivity index is 1.68. The van der Waals surface area contributed by atoms with Crippen LogP contribution < -0.4 is 4.74 Å². The number of ketones is 1. The van der Waals surface area contributed by atoms with E-state index in [0.29, 0.717) is 24.3 Å². The SMILES string of the molecule is CC(=O)c1cccc(OC(C)C(=O)N2C[C@@H]3CCC[C@@]3(C(=O)O)C2)c1. The summed E-state index contributed by atoms with van der Waals surface area (Å²) in [4.78, 5) is 37.5. The fourth-order valence-electron chi connectivity index (χ4n) is 4.11. The van der Waals surface area contributed by atoms with Crippen LogP contribution in [0, 0.1) is 11.3 Å². The van der Waals surface area contributed by atoms with Crippen LogP contribution in [0.15, 0.2) is 24.3 Å². The van der Waals surface area contributed by atoms with Gasteiger partial charge in [0.05, 0.1) is 5.41 Å². The van der Waals surface area contributed by atoms with Gasteiger partial charge in [-0.1, -0.05) is 18.6 Å². The molecule has 1 saturated carbocycles. The van der Waals surface area contributed by atoms with Crippen molar-refractivity contribution in [2.75, 3.05) is 13.1 Å². The van der Waals surface area contributed by atoms with Crippen molar-refractivity contribution in [3.8, 4) is 5.75 Å². The molecule has 0 bridgehead atoms. The van der Waals surface area contributed by atoms with E-state index in [0.717, 1.165) is 12.8 Å². The molecule has 3 atom stereocenters. The highest BCUT2D eigenvalue weighted by Crippen LogP contribution is 2.49. The van der Waals surface area contributed by atoms with Crippen molar-refractivity contribution < 1.29 is 24.2 Å². The number of benzene rings is 1. The number of carbonyl (C=O) groups is 3. The van der Waals surface area contributed by atoms with Gasteiger partial charge in [-0.05, 0) is 44.7 Å². The molecule has 1 aromatic carbocycles. The van der Waals surface area contributed by atoms with E-state index in [1.54, 1.807) is 36.1 Å². The largest absolute Gasteiger partial charge is 0.481 e. The molecule has 6 nitrogen and oxygen atoms in total. The van der Waals surface area contributed by atoms with Gasteiger partial charge in [0.1, 0.15) is 5.75 Å². The number of carboxylic acid groups (broad SMARTS) is 1. The summed E-state index contributed by atoms with van der Waals surface area (Å²) in [5.41, 5.74) is -0.262. The minimum absolute atomic E-state index is 0.0298. The fraction of sp³-hybridized carbons (Fsp3) is 0.526. The first kappa shape index (κ1) is 17.5. The van der Waals surface area contributed by atoms with Crippen molar-refractivity contribution in [1.82, 2.24) is 4.90 Å². The standard InChI is InChI=1S/C19H23NO5/c1-12(21)14-5-3-7-16(9-14)25-13(2)17(22)20-10-15-6-4-8-19(15,11-20)18(23)24/h3,5,7,9,13,15H,4,6,8,10-11H2,1-2H3,(H,23,24)/t13?,15-,19+/m0/s1. The number of carboxylic acids is 1. The molecule has 1 unspecified atom stereocenters. The summed E-state index contributed by atoms with van der Waals surface area (Å²) >= 11 is 0. The van der Waals surface area contributed by atoms with Gasteiger partial charge < -0.3 is 14.7 Å². The Labute approximate surface area is 146 Å². The number of Topliss-reactive ketones (excluding diaryl/α,β-unsaturated/α-hetero) is 1. The number of rotatable bonds is 5. The quantitative estimate of drug-likeness (QED) is 0.828. The van der Waals surface area contributed by atoms with E-state index < -0.39 is 17.5 Å². The number of hydrogen-bond acceptors (Lipinski definition) is 4. The molecule has 0 aromatic heterocycles. The lowest BCUT2D eigenvalue weighted by molar-refractivity contribution is -0.150. The molecule has 1 heterocycles. The molecular weight excluding hydrogens is 322 g/mol. The van der Waals surface area contributed by atoms with Crippen LogP contribution >= 0.6 is 0 Å². The average Bonchev–Trinajstić information content (AvgIpc) is 3.12. The van der Waals surface area contributed by atoms with E-state index in [4.69, 9.17) is 4.74 Å². The minimum Gasteiger partial charge on any atom is -0.481 e. The highest BCUT2D eigenvalue weighted by atomic mass is 16.5. The second-order valence-corrected chi connectivity index (χ2v) is 7.11. The Bertz CT molecular complexity index is 716. The molecule has 1 saturated heterocycles. The smallest absolute Gasteiger partial charge is 0.311 e. The highest BCUT2D eigenvalue weighted by Gasteiger charge is 2.56. The number of aliphatic carboxylic acids is 1. The second-order valence-electron chi connectivity index (χ2n) is 7.11. The average molecular weight is 345 g/mol. The number of hydrogen-bond donors (Lipinski definition) is 1. The zero-order chi connectivity index (χ0) is 18.2. The topological polar surface area (TPSA) is 83.9 Å². The molecule has 2 aliphatic rings. The van der Waals surface area contributed by atoms with E-state index in [-0.39, 0.29) is 24.2 Å². The minimum atomic E-state index is -0.798. The summed E-state index contributed by atoms with van der Waals surface area (Å²) in [6, 6.07) is 6.72. The zero-order valence-corrected chi connectivity index (χ0v) is 14.5. The first-order valence-corrected chi connectivity index (χ1v) is 8.63. The summed E-state index contributed by atoms with van der Waals surface area (Å²) in [7, 11) is 0. The number of fused-ring (bicyclic) bond motifs is 1. The Morgan fingerprint density at radius 1 is 1.36 bits per heavy atom. The fourth-order valence-corrected chi connectivity index (χ4v) is 4.11. The molecule has 1 amide bonds. The summed E-state index contributed by atoms with van der Waals surface area (Å²) in [5, 5.41) is 9.63. The highest BCUT2D eigenvalue weighted by molar-refractivity contribution is 5.94. The lowest BCUT2D eigenvalue weighted by Crippen LogP contribution is -2.42. The third kappa shape index (κ3) is 3.13. The summed E-state index contributed by atoms with van der Waals surface area (Å²) < 4.78 is 5.70. The molecule has 134 valence electrons. The van der Waals surface area contributed by atoms with Gasteiger partial charge in [-0.3, -0.25) is 14.4 Å². The number of ether oxygens (including phenoxy) is 1. The molecule has 1 aliphatic carbocycles. The van der Waals surface area contributed by atoms with Crippen LogP contribution in [0.1, 0.15) is 43.5 Å². The lowest BCUT2D eigenvalue weighted by Gasteiger charge is -2.25. The summed E-state index contributed by atoms with van der Waals surface area (Å²) in [6.07, 6.45) is 1.66. The van der Waals surface area contributed by atoms with Gasteiger partial charge in [0, 0.05) is 18.7 Å². The molecule has 0 spiro atoms. The number of amides is 1. The van der Waals surface area contributed by atoms with E-state index in [9.17, 15) is 19.5 Å². The second kappa shape index (κ2) is 6.50. The van der Waals surface area contributed by atoms with Crippen molar-refractivity contribution >= 4 is 17.7 Å². The van der Waals surface area contributed by atoms with Gasteiger partial charge in [0.2, 0.25) is 0 Å². The molecule has 25 heavy (non-hydrogen) atoms. The molecule has 0 radical (unpaired) electrons. The van der Waals surface area contributed by atoms with Crippen LogP contribution in [0.3, 0.4) is 0 Å². The maximum absolute atomic E-state index is 12.7. The normalized spacial score (nSPS) is 26.2. The lowest BCUT2D eigenvalue weighted by atomic mass is 9.81. The van der Waals surface area contributed by atoms with Crippen LogP contribution in [-0.4, -0.2) is 46.9 Å². The van der Waals surface area contributed by atoms with E-state index in [1.807, 2.05) is 0 Å². The number of carbonyl (C=O) groups excluding carboxylic acids is 2. The zero-order valence-electron chi connectivity index (χ0n) is 14.5. The van der Waals surface area contributed by atoms with Crippen LogP contribution in [0.4, 0.5) is 0 Å². The Morgan fingerprint density at radius 2 is 2.12 bits per heavy atom. The predicted molar refractivity (Wildman–Crippen MR) is 90.5 cm³/mol. The van der Waals surface area contributed by atoms with Gasteiger partial charge in [0.25, 0.3) is 5.91 Å². The summed E-state index contributed by atoms with van der Waals surface area (Å²) in [5.74, 6) is -0.584. The van der Waals surface area contributed by atoms with Crippen LogP contribution in [-0.2, 0) is 9.59 Å². The molecular formula is C19H23NO5. The number of nitrogens with zero attached hydrogens (tertiary/aromatic N) is 1. The third-order valence-electron chi connectivity index (χ3n) is 5.51. The van der Waals surface area contributed by atoms with E-state index in [1.165, 1.54) is 6.92 Å². The Hall–Kier alpha value is -2.37. The van der Waals surface area contributed by atoms with Gasteiger partial charge in [-0.25, -0.2) is 0 Å². The third-order valence-corrected chi connectivity index (χ3v) is 5.51. The maximum atomic E-state index is 12.7. The van der Waals surface area contributed by atoms with Gasteiger partial charge in [0.15, 0.2) is 11.9 Å². The van der Waals surface area contributed by atoms with E-state index in [2.05, 4.69) is 0 Å². The maximum Gasteiger partial charge on any atom is 0.311 e. The van der Waals surface area contributed by atoms with Crippen molar-refractivity contribution in [3.05, 3.63) is 29.8 Å². The van der Waals surface area contributed by atoms with Crippen LogP contribution in [0.25, 0.3) is 0 Å². The first-order valence-electron chi connectivity index (χ1n) is 8.63. The first-order chi connectivity index (χ1) is 11.8. The van der Waals surface area contributed by atoms with Gasteiger partial charge in [-0.2, -0.15) is 0 Å². The number of likely N-dealkylation sites (tertiary alicyclic amines) is 1. The monoisotopic (exact) mass is 345 g/mol. The van der Waals surface area contributed by atoms with Gasteiger partial charge >= 0.3 is 5.97 Å². The van der Waals surface area contributed by atoms with Crippen LogP contribution in [0.5, 0.6) is 5.75 Å². The van der Waals surface area contributed by atoms with Crippen molar-refractivity contribution in [2.45, 2.75) is 39.2 Å². The molecule has 3 rings (SSSR count). The van der Waals surface area contributed by atoms with Crippen molar-refractivity contribution in [2.24, 2.45) is 11.3 Å². The van der Waals surface area contributed by atoms with Crippen LogP contribution in [0.2, 0.25) is 0 Å². The molecule has 1 aromatic rings. The van der Waals surface area contributed by atoms with E-state index >= 15 is 0 Å². The van der Waals surface area contributed by atoms with Crippen molar-refractivity contribution in [3.63, 3.8) is 0 Å². The Morgan fingerprint density at radius 3 is 2.76 bits per heavy atom. The summed E-state index contributed by atoms with van der Waals surface area (Å²) in [6.45, 7) is 3.87. The molecule has 2 fully saturated rings. The van der Waals surface area contributed by atoms with Gasteiger partial charge in [-0.15, -0.1) is 0 Å². The molecule has 6 heteroatoms. The molecule has 1 N–H and O–H groups in total. The molecule has 1 aliphatic heterocycles. The Kier molecular flexibility index (Phi) is 4.54. The predicted octanol–water partition coefficient (Wildman–Crippen LogP) is 2.37. The van der Waals surface area contributed by atoms with Crippen molar-refractivity contribution in [1.29, 1.82) is 0 Å².